The Bertz CT molecular complexity index is 243. The molecule has 2 atom stereocenters. The van der Waals surface area contributed by atoms with Crippen LogP contribution in [0.15, 0.2) is 0 Å². The van der Waals surface area contributed by atoms with Gasteiger partial charge in [-0.15, -0.1) is 0 Å². The molecule has 0 bridgehead atoms. The van der Waals surface area contributed by atoms with Gasteiger partial charge in [0.05, 0.1) is 0 Å². The molecule has 0 N–H and O–H groups in total. The van der Waals surface area contributed by atoms with Gasteiger partial charge < -0.3 is 4.74 Å². The molecule has 1 unspecified atom stereocenters. The summed E-state index contributed by atoms with van der Waals surface area (Å²) in [6.07, 6.45) is 0.598. The Morgan fingerprint density at radius 2 is 1.85 bits per heavy atom. The highest BCUT2D eigenvalue weighted by Crippen LogP contribution is 2.48. The topological polar surface area (TPSA) is 43.4 Å². The fourth-order valence-electron chi connectivity index (χ4n) is 1.98. The van der Waals surface area contributed by atoms with Crippen molar-refractivity contribution in [2.75, 3.05) is 0 Å². The molecule has 0 spiro atoms. The van der Waals surface area contributed by atoms with Crippen LogP contribution in [-0.4, -0.2) is 17.9 Å². The zero-order valence-corrected chi connectivity index (χ0v) is 8.59. The highest BCUT2D eigenvalue weighted by atomic mass is 16.5. The smallest absolute Gasteiger partial charge is 0.302 e. The van der Waals surface area contributed by atoms with Gasteiger partial charge in [-0.2, -0.15) is 0 Å². The summed E-state index contributed by atoms with van der Waals surface area (Å²) in [4.78, 5) is 21.8. The van der Waals surface area contributed by atoms with E-state index in [0.29, 0.717) is 6.42 Å². The predicted octanol–water partition coefficient (Wildman–Crippen LogP) is 1.55. The van der Waals surface area contributed by atoms with Crippen molar-refractivity contribution in [1.29, 1.82) is 0 Å². The minimum absolute atomic E-state index is 0.0526. The molecule has 0 aliphatic heterocycles. The zero-order valence-electron chi connectivity index (χ0n) is 8.59. The van der Waals surface area contributed by atoms with Crippen LogP contribution < -0.4 is 0 Å². The third-order valence-electron chi connectivity index (χ3n) is 2.98. The summed E-state index contributed by atoms with van der Waals surface area (Å²) in [5, 5.41) is 0. The molecule has 0 aromatic heterocycles. The molecule has 1 rings (SSSR count). The Morgan fingerprint density at radius 3 is 2.15 bits per heavy atom. The lowest BCUT2D eigenvalue weighted by atomic mass is 9.58. The van der Waals surface area contributed by atoms with Gasteiger partial charge in [-0.25, -0.2) is 0 Å². The first-order valence-electron chi connectivity index (χ1n) is 4.53. The number of carbonyl (C=O) groups is 2. The summed E-state index contributed by atoms with van der Waals surface area (Å²) in [6.45, 7) is 6.93. The Balaban J connectivity index is 2.59. The SMILES string of the molecule is CC(=O)O[C@@H]1CC(C(C)=O)C1(C)C. The number of Topliss-reactive ketones (excluding diaryl/α,β-unsaturated/α-hetero) is 1. The number of hydrogen-bond acceptors (Lipinski definition) is 3. The zero-order chi connectivity index (χ0) is 10.2. The lowest BCUT2D eigenvalue weighted by Crippen LogP contribution is -2.53. The first-order chi connectivity index (χ1) is 5.85. The average Bonchev–Trinajstić information content (AvgIpc) is 1.96. The van der Waals surface area contributed by atoms with Gasteiger partial charge in [0.25, 0.3) is 0 Å². The van der Waals surface area contributed by atoms with E-state index in [1.165, 1.54) is 6.92 Å². The number of ether oxygens (including phenoxy) is 1. The molecule has 0 aromatic rings. The molecule has 1 saturated carbocycles. The van der Waals surface area contributed by atoms with Crippen LogP contribution in [0.3, 0.4) is 0 Å². The van der Waals surface area contributed by atoms with Crippen molar-refractivity contribution in [3.63, 3.8) is 0 Å². The molecular weight excluding hydrogens is 168 g/mol. The highest BCUT2D eigenvalue weighted by Gasteiger charge is 2.52. The molecule has 1 aliphatic carbocycles. The average molecular weight is 184 g/mol. The molecule has 3 heteroatoms. The monoisotopic (exact) mass is 184 g/mol. The summed E-state index contributed by atoms with van der Waals surface area (Å²) in [7, 11) is 0. The molecule has 1 aliphatic rings. The van der Waals surface area contributed by atoms with Gasteiger partial charge in [-0.1, -0.05) is 13.8 Å². The third kappa shape index (κ3) is 1.74. The van der Waals surface area contributed by atoms with Gasteiger partial charge in [-0.3, -0.25) is 9.59 Å². The number of carbonyl (C=O) groups excluding carboxylic acids is 2. The molecule has 74 valence electrons. The van der Waals surface area contributed by atoms with E-state index in [1.54, 1.807) is 6.92 Å². The molecule has 3 nitrogen and oxygen atoms in total. The molecule has 0 saturated heterocycles. The van der Waals surface area contributed by atoms with Crippen molar-refractivity contribution < 1.29 is 14.3 Å². The Kier molecular flexibility index (Phi) is 2.46. The van der Waals surface area contributed by atoms with E-state index in [9.17, 15) is 9.59 Å². The van der Waals surface area contributed by atoms with E-state index >= 15 is 0 Å². The van der Waals surface area contributed by atoms with Crippen LogP contribution in [0.1, 0.15) is 34.1 Å². The molecule has 0 radical (unpaired) electrons. The van der Waals surface area contributed by atoms with E-state index in [1.807, 2.05) is 13.8 Å². The van der Waals surface area contributed by atoms with Gasteiger partial charge in [0.2, 0.25) is 0 Å². The van der Waals surface area contributed by atoms with Crippen molar-refractivity contribution in [1.82, 2.24) is 0 Å². The molecule has 0 aromatic carbocycles. The summed E-state index contributed by atoms with van der Waals surface area (Å²) < 4.78 is 5.09. The minimum atomic E-state index is -0.264. The summed E-state index contributed by atoms with van der Waals surface area (Å²) in [6, 6.07) is 0. The Morgan fingerprint density at radius 1 is 1.31 bits per heavy atom. The Hall–Kier alpha value is -0.860. The molecule has 0 heterocycles. The van der Waals surface area contributed by atoms with Crippen molar-refractivity contribution in [2.45, 2.75) is 40.2 Å². The van der Waals surface area contributed by atoms with Crippen LogP contribution >= 0.6 is 0 Å². The van der Waals surface area contributed by atoms with Crippen LogP contribution in [0.4, 0.5) is 0 Å². The van der Waals surface area contributed by atoms with Gasteiger partial charge in [0.15, 0.2) is 0 Å². The van der Waals surface area contributed by atoms with Gasteiger partial charge >= 0.3 is 5.97 Å². The van der Waals surface area contributed by atoms with E-state index < -0.39 is 0 Å². The number of hydrogen-bond donors (Lipinski definition) is 0. The van der Waals surface area contributed by atoms with E-state index in [2.05, 4.69) is 0 Å². The second kappa shape index (κ2) is 3.13. The maximum atomic E-state index is 11.1. The van der Waals surface area contributed by atoms with Crippen LogP contribution in [-0.2, 0) is 14.3 Å². The third-order valence-corrected chi connectivity index (χ3v) is 2.98. The van der Waals surface area contributed by atoms with Gasteiger partial charge in [0, 0.05) is 18.3 Å². The van der Waals surface area contributed by atoms with E-state index in [4.69, 9.17) is 4.74 Å². The first kappa shape index (κ1) is 10.2. The molecule has 0 amide bonds. The predicted molar refractivity (Wildman–Crippen MR) is 48.1 cm³/mol. The quantitative estimate of drug-likeness (QED) is 0.611. The second-order valence-electron chi connectivity index (χ2n) is 4.32. The fourth-order valence-corrected chi connectivity index (χ4v) is 1.98. The van der Waals surface area contributed by atoms with Crippen LogP contribution in [0.2, 0.25) is 0 Å². The summed E-state index contributed by atoms with van der Waals surface area (Å²) in [5.74, 6) is -0.0228. The lowest BCUT2D eigenvalue weighted by molar-refractivity contribution is -0.178. The largest absolute Gasteiger partial charge is 0.462 e. The number of esters is 1. The highest BCUT2D eigenvalue weighted by molar-refractivity contribution is 5.80. The fraction of sp³-hybridized carbons (Fsp3) is 0.800. The summed E-state index contributed by atoms with van der Waals surface area (Å²) >= 11 is 0. The number of rotatable bonds is 2. The second-order valence-corrected chi connectivity index (χ2v) is 4.32. The van der Waals surface area contributed by atoms with Crippen molar-refractivity contribution in [3.05, 3.63) is 0 Å². The van der Waals surface area contributed by atoms with Crippen LogP contribution in [0, 0.1) is 11.3 Å². The molecule has 13 heavy (non-hydrogen) atoms. The van der Waals surface area contributed by atoms with Crippen LogP contribution in [0.25, 0.3) is 0 Å². The standard InChI is InChI=1S/C10H16O3/c1-6(11)8-5-9(10(8,3)4)13-7(2)12/h8-9H,5H2,1-4H3/t8?,9-/m1/s1. The van der Waals surface area contributed by atoms with Gasteiger partial charge in [-0.05, 0) is 13.3 Å². The lowest BCUT2D eigenvalue weighted by Gasteiger charge is -2.49. The van der Waals surface area contributed by atoms with Crippen LogP contribution in [0.5, 0.6) is 0 Å². The van der Waals surface area contributed by atoms with E-state index in [-0.39, 0.29) is 29.2 Å². The van der Waals surface area contributed by atoms with Crippen molar-refractivity contribution in [3.8, 4) is 0 Å². The normalized spacial score (nSPS) is 30.5. The maximum Gasteiger partial charge on any atom is 0.302 e. The summed E-state index contributed by atoms with van der Waals surface area (Å²) in [5.41, 5.74) is -0.183. The maximum absolute atomic E-state index is 11.1. The molecular formula is C10H16O3. The van der Waals surface area contributed by atoms with Gasteiger partial charge in [0.1, 0.15) is 11.9 Å². The van der Waals surface area contributed by atoms with Crippen molar-refractivity contribution >= 4 is 11.8 Å². The first-order valence-corrected chi connectivity index (χ1v) is 4.53. The Labute approximate surface area is 78.5 Å². The molecule has 1 fully saturated rings. The number of ketones is 1. The minimum Gasteiger partial charge on any atom is -0.462 e. The van der Waals surface area contributed by atoms with Crippen molar-refractivity contribution in [2.24, 2.45) is 11.3 Å². The van der Waals surface area contributed by atoms with E-state index in [0.717, 1.165) is 0 Å².